The van der Waals surface area contributed by atoms with E-state index in [2.05, 4.69) is 0 Å². The van der Waals surface area contributed by atoms with Gasteiger partial charge in [-0.2, -0.15) is 13.2 Å². The summed E-state index contributed by atoms with van der Waals surface area (Å²) in [5, 5.41) is 0. The number of alkyl halides is 3. The molecule has 3 rings (SSSR count). The number of ether oxygens (including phenoxy) is 2. The second-order valence-electron chi connectivity index (χ2n) is 5.41. The van der Waals surface area contributed by atoms with E-state index in [9.17, 15) is 26.0 Å². The Hall–Kier alpha value is -2.29. The Morgan fingerprint density at radius 3 is 2.32 bits per heavy atom. The van der Waals surface area contributed by atoms with Crippen LogP contribution in [0.15, 0.2) is 41.3 Å². The monoisotopic (exact) mass is 376 g/mol. The topological polar surface area (TPSA) is 52.6 Å². The van der Waals surface area contributed by atoms with Gasteiger partial charge in [0, 0.05) is 6.07 Å². The van der Waals surface area contributed by atoms with Crippen LogP contribution in [0.1, 0.15) is 11.1 Å². The lowest BCUT2D eigenvalue weighted by atomic mass is 10.1. The maximum Gasteiger partial charge on any atom is 0.416 e. The van der Waals surface area contributed by atoms with Gasteiger partial charge in [-0.3, -0.25) is 0 Å². The third-order valence-corrected chi connectivity index (χ3v) is 5.20. The summed E-state index contributed by atoms with van der Waals surface area (Å²) in [6.07, 6.45) is -4.77. The first-order valence-electron chi connectivity index (χ1n) is 7.14. The molecule has 1 aliphatic rings. The zero-order valence-electron chi connectivity index (χ0n) is 12.6. The minimum atomic E-state index is -4.77. The van der Waals surface area contributed by atoms with Gasteiger partial charge in [-0.1, -0.05) is 0 Å². The second kappa shape index (κ2) is 6.21. The first kappa shape index (κ1) is 17.5. The van der Waals surface area contributed by atoms with Crippen LogP contribution in [-0.4, -0.2) is 21.6 Å². The van der Waals surface area contributed by atoms with E-state index in [4.69, 9.17) is 9.47 Å². The smallest absolute Gasteiger partial charge is 0.416 e. The van der Waals surface area contributed by atoms with Crippen LogP contribution in [0.5, 0.6) is 11.5 Å². The highest BCUT2D eigenvalue weighted by Gasteiger charge is 2.32. The van der Waals surface area contributed by atoms with Crippen LogP contribution in [0.4, 0.5) is 17.6 Å². The number of hydrogen-bond donors (Lipinski definition) is 0. The van der Waals surface area contributed by atoms with Crippen molar-refractivity contribution >= 4 is 9.84 Å². The van der Waals surface area contributed by atoms with E-state index in [1.54, 1.807) is 0 Å². The van der Waals surface area contributed by atoms with Crippen molar-refractivity contribution in [2.45, 2.75) is 16.8 Å². The van der Waals surface area contributed by atoms with E-state index in [0.717, 1.165) is 6.07 Å². The summed E-state index contributed by atoms with van der Waals surface area (Å²) >= 11 is 0. The molecule has 0 N–H and O–H groups in total. The standard InChI is InChI=1S/C16H12F4O4S/c17-12-6-10(5-11(7-12)16(18,19)20)9-25(21,22)13-1-2-14-15(8-13)24-4-3-23-14/h1-2,5-8H,3-4,9H2. The van der Waals surface area contributed by atoms with Crippen molar-refractivity contribution in [3.8, 4) is 11.5 Å². The van der Waals surface area contributed by atoms with Gasteiger partial charge in [0.15, 0.2) is 21.3 Å². The van der Waals surface area contributed by atoms with Gasteiger partial charge in [0.2, 0.25) is 0 Å². The van der Waals surface area contributed by atoms with E-state index >= 15 is 0 Å². The van der Waals surface area contributed by atoms with Crippen LogP contribution in [0.2, 0.25) is 0 Å². The Labute approximate surface area is 140 Å². The zero-order chi connectivity index (χ0) is 18.2. The molecular weight excluding hydrogens is 364 g/mol. The summed E-state index contributed by atoms with van der Waals surface area (Å²) < 4.78 is 87.2. The van der Waals surface area contributed by atoms with Gasteiger partial charge < -0.3 is 9.47 Å². The third kappa shape index (κ3) is 3.87. The molecule has 0 fully saturated rings. The fourth-order valence-corrected chi connectivity index (χ4v) is 3.75. The van der Waals surface area contributed by atoms with Crippen LogP contribution < -0.4 is 9.47 Å². The van der Waals surface area contributed by atoms with Crippen LogP contribution in [0, 0.1) is 5.82 Å². The normalized spacial score (nSPS) is 14.4. The maximum atomic E-state index is 13.4. The van der Waals surface area contributed by atoms with Crippen molar-refractivity contribution in [3.05, 3.63) is 53.3 Å². The minimum Gasteiger partial charge on any atom is -0.486 e. The SMILES string of the molecule is O=S(=O)(Cc1cc(F)cc(C(F)(F)F)c1)c1ccc2c(c1)OCCO2. The van der Waals surface area contributed by atoms with Crippen molar-refractivity contribution in [1.82, 2.24) is 0 Å². The fraction of sp³-hybridized carbons (Fsp3) is 0.250. The predicted molar refractivity (Wildman–Crippen MR) is 79.7 cm³/mol. The van der Waals surface area contributed by atoms with Crippen molar-refractivity contribution in [2.75, 3.05) is 13.2 Å². The van der Waals surface area contributed by atoms with Crippen molar-refractivity contribution in [1.29, 1.82) is 0 Å². The lowest BCUT2D eigenvalue weighted by Crippen LogP contribution is -2.16. The zero-order valence-corrected chi connectivity index (χ0v) is 13.5. The van der Waals surface area contributed by atoms with Gasteiger partial charge in [0.1, 0.15) is 19.0 Å². The quantitative estimate of drug-likeness (QED) is 0.769. The molecule has 0 aromatic heterocycles. The fourth-order valence-electron chi connectivity index (χ4n) is 2.42. The number of sulfone groups is 1. The molecule has 0 amide bonds. The van der Waals surface area contributed by atoms with Crippen LogP contribution >= 0.6 is 0 Å². The number of rotatable bonds is 3. The third-order valence-electron chi connectivity index (χ3n) is 3.51. The summed E-state index contributed by atoms with van der Waals surface area (Å²) in [4.78, 5) is -0.144. The predicted octanol–water partition coefficient (Wildman–Crippen LogP) is 3.59. The van der Waals surface area contributed by atoms with E-state index in [1.807, 2.05) is 0 Å². The number of benzene rings is 2. The molecule has 0 saturated heterocycles. The van der Waals surface area contributed by atoms with Gasteiger partial charge >= 0.3 is 6.18 Å². The van der Waals surface area contributed by atoms with Gasteiger partial charge in [0.25, 0.3) is 0 Å². The van der Waals surface area contributed by atoms with Crippen LogP contribution in [0.3, 0.4) is 0 Å². The summed E-state index contributed by atoms with van der Waals surface area (Å²) in [5.41, 5.74) is -1.53. The molecule has 0 atom stereocenters. The summed E-state index contributed by atoms with van der Waals surface area (Å²) in [6.45, 7) is 0.595. The highest BCUT2D eigenvalue weighted by atomic mass is 32.2. The molecule has 0 radical (unpaired) electrons. The summed E-state index contributed by atoms with van der Waals surface area (Å²) in [6, 6.07) is 5.64. The molecule has 25 heavy (non-hydrogen) atoms. The van der Waals surface area contributed by atoms with Gasteiger partial charge in [0.05, 0.1) is 16.2 Å². The van der Waals surface area contributed by atoms with Crippen molar-refractivity contribution in [3.63, 3.8) is 0 Å². The highest BCUT2D eigenvalue weighted by molar-refractivity contribution is 7.90. The van der Waals surface area contributed by atoms with Gasteiger partial charge in [-0.05, 0) is 35.9 Å². The van der Waals surface area contributed by atoms with Gasteiger partial charge in [-0.25, -0.2) is 12.8 Å². The van der Waals surface area contributed by atoms with Gasteiger partial charge in [-0.15, -0.1) is 0 Å². The average Bonchev–Trinajstić information content (AvgIpc) is 2.52. The summed E-state index contributed by atoms with van der Waals surface area (Å²) in [5.74, 6) is -1.30. The van der Waals surface area contributed by atoms with Crippen molar-refractivity contribution in [2.24, 2.45) is 0 Å². The Kier molecular flexibility index (Phi) is 4.36. The Bertz CT molecular complexity index is 907. The maximum absolute atomic E-state index is 13.4. The van der Waals surface area contributed by atoms with E-state index < -0.39 is 33.1 Å². The molecule has 1 aliphatic heterocycles. The summed E-state index contributed by atoms with van der Waals surface area (Å²) in [7, 11) is -4.00. The molecule has 2 aromatic rings. The molecule has 9 heteroatoms. The first-order valence-corrected chi connectivity index (χ1v) is 8.79. The molecule has 0 bridgehead atoms. The minimum absolute atomic E-state index is 0.144. The Morgan fingerprint density at radius 2 is 1.64 bits per heavy atom. The molecule has 4 nitrogen and oxygen atoms in total. The molecule has 2 aromatic carbocycles. The molecular formula is C16H12F4O4S. The number of fused-ring (bicyclic) bond motifs is 1. The Balaban J connectivity index is 1.93. The van der Waals surface area contributed by atoms with E-state index in [-0.39, 0.29) is 22.8 Å². The Morgan fingerprint density at radius 1 is 0.960 bits per heavy atom. The van der Waals surface area contributed by atoms with Crippen molar-refractivity contribution < 1.29 is 35.5 Å². The first-order chi connectivity index (χ1) is 11.6. The molecule has 0 spiro atoms. The largest absolute Gasteiger partial charge is 0.486 e. The number of hydrogen-bond acceptors (Lipinski definition) is 4. The molecule has 1 heterocycles. The average molecular weight is 376 g/mol. The molecule has 0 aliphatic carbocycles. The van der Waals surface area contributed by atoms with Crippen LogP contribution in [-0.2, 0) is 21.8 Å². The molecule has 134 valence electrons. The van der Waals surface area contributed by atoms with E-state index in [0.29, 0.717) is 24.5 Å². The van der Waals surface area contributed by atoms with Crippen LogP contribution in [0.25, 0.3) is 0 Å². The molecule has 0 saturated carbocycles. The number of halogens is 4. The highest BCUT2D eigenvalue weighted by Crippen LogP contribution is 2.34. The lowest BCUT2D eigenvalue weighted by molar-refractivity contribution is -0.137. The lowest BCUT2D eigenvalue weighted by Gasteiger charge is -2.19. The molecule has 0 unspecified atom stereocenters. The second-order valence-corrected chi connectivity index (χ2v) is 7.40. The van der Waals surface area contributed by atoms with E-state index in [1.165, 1.54) is 18.2 Å².